The number of benzene rings is 2. The minimum absolute atomic E-state index is 0.0372. The first-order valence-electron chi connectivity index (χ1n) is 12.1. The molecule has 4 rings (SSSR count). The molecule has 1 N–H and O–H groups in total. The first-order chi connectivity index (χ1) is 17.7. The average Bonchev–Trinajstić information content (AvgIpc) is 3.12. The Morgan fingerprint density at radius 3 is 2.59 bits per heavy atom. The number of likely N-dealkylation sites (tertiary alicyclic amines) is 1. The number of anilines is 2. The average molecular weight is 518 g/mol. The highest BCUT2D eigenvalue weighted by Crippen LogP contribution is 2.32. The summed E-state index contributed by atoms with van der Waals surface area (Å²) < 4.78 is 58.0. The Morgan fingerprint density at radius 1 is 1.08 bits per heavy atom. The number of alkyl halides is 3. The topological polar surface area (TPSA) is 80.2 Å². The summed E-state index contributed by atoms with van der Waals surface area (Å²) in [6.07, 6.45) is -2.23. The molecule has 1 amide bonds. The van der Waals surface area contributed by atoms with Crippen molar-refractivity contribution in [3.63, 3.8) is 0 Å². The molecule has 1 fully saturated rings. The van der Waals surface area contributed by atoms with E-state index in [0.29, 0.717) is 31.9 Å². The molecule has 0 saturated carbocycles. The lowest BCUT2D eigenvalue weighted by molar-refractivity contribution is -0.137. The highest BCUT2D eigenvalue weighted by atomic mass is 19.4. The van der Waals surface area contributed by atoms with Gasteiger partial charge in [-0.3, -0.25) is 4.79 Å². The van der Waals surface area contributed by atoms with Crippen molar-refractivity contribution in [1.82, 2.24) is 19.9 Å². The Bertz CT molecular complexity index is 1220. The number of amides is 1. The van der Waals surface area contributed by atoms with Gasteiger partial charge in [-0.2, -0.15) is 28.1 Å². The quantitative estimate of drug-likeness (QED) is 0.417. The van der Waals surface area contributed by atoms with E-state index in [1.165, 1.54) is 24.3 Å². The van der Waals surface area contributed by atoms with Crippen molar-refractivity contribution in [2.75, 3.05) is 25.0 Å². The normalized spacial score (nSPS) is 16.2. The zero-order valence-corrected chi connectivity index (χ0v) is 20.3. The molecule has 11 heteroatoms. The molecule has 0 bridgehead atoms. The molecular formula is C26H27F4N5O2. The van der Waals surface area contributed by atoms with Crippen LogP contribution in [0.5, 0.6) is 6.01 Å². The van der Waals surface area contributed by atoms with Crippen LogP contribution < -0.4 is 10.1 Å². The maximum Gasteiger partial charge on any atom is 0.416 e. The van der Waals surface area contributed by atoms with Crippen LogP contribution in [0.3, 0.4) is 0 Å². The Balaban J connectivity index is 1.48. The van der Waals surface area contributed by atoms with E-state index in [2.05, 4.69) is 20.3 Å². The van der Waals surface area contributed by atoms with Crippen molar-refractivity contribution in [3.8, 4) is 6.01 Å². The second kappa shape index (κ2) is 11.5. The summed E-state index contributed by atoms with van der Waals surface area (Å²) in [5.74, 6) is 0.0687. The molecule has 37 heavy (non-hydrogen) atoms. The standard InChI is InChI=1S/C26H27F4N5O2/c1-2-37-25-33-23(32-24(34-25)31-21-7-3-6-19(16-21)26(28,29)30)18-5-4-13-35(14-12-18)22(36)15-17-8-10-20(27)11-9-17/h3,6-11,16,18H,2,4-5,12-15H2,1H3,(H,31,32,33,34)/t18-/m0/s1. The number of carbonyl (C=O) groups excluding carboxylic acids is 1. The van der Waals surface area contributed by atoms with Crippen molar-refractivity contribution in [2.24, 2.45) is 0 Å². The highest BCUT2D eigenvalue weighted by Gasteiger charge is 2.30. The van der Waals surface area contributed by atoms with Gasteiger partial charge in [0.2, 0.25) is 11.9 Å². The lowest BCUT2D eigenvalue weighted by Crippen LogP contribution is -2.33. The largest absolute Gasteiger partial charge is 0.464 e. The number of hydrogen-bond acceptors (Lipinski definition) is 6. The Morgan fingerprint density at radius 2 is 1.86 bits per heavy atom. The monoisotopic (exact) mass is 517 g/mol. The number of nitrogens with one attached hydrogen (secondary N) is 1. The third-order valence-electron chi connectivity index (χ3n) is 6.07. The predicted octanol–water partition coefficient (Wildman–Crippen LogP) is 5.51. The SMILES string of the molecule is CCOc1nc(Nc2cccc(C(F)(F)F)c2)nc([C@H]2CCCN(C(=O)Cc3ccc(F)cc3)CC2)n1. The van der Waals surface area contributed by atoms with Crippen LogP contribution in [0.1, 0.15) is 49.1 Å². The summed E-state index contributed by atoms with van der Waals surface area (Å²) in [6, 6.07) is 10.7. The third kappa shape index (κ3) is 7.14. The molecule has 1 aliphatic heterocycles. The van der Waals surface area contributed by atoms with Crippen molar-refractivity contribution in [3.05, 3.63) is 71.3 Å². The van der Waals surface area contributed by atoms with E-state index in [9.17, 15) is 22.4 Å². The molecule has 0 aliphatic carbocycles. The van der Waals surface area contributed by atoms with Crippen molar-refractivity contribution < 1.29 is 27.1 Å². The van der Waals surface area contributed by atoms with Crippen LogP contribution in [-0.2, 0) is 17.4 Å². The number of ether oxygens (including phenoxy) is 1. The van der Waals surface area contributed by atoms with Crippen LogP contribution in [0, 0.1) is 5.82 Å². The fourth-order valence-corrected chi connectivity index (χ4v) is 4.20. The van der Waals surface area contributed by atoms with E-state index in [0.717, 1.165) is 30.5 Å². The number of halogens is 4. The Kier molecular flexibility index (Phi) is 8.20. The van der Waals surface area contributed by atoms with E-state index in [4.69, 9.17) is 4.74 Å². The van der Waals surface area contributed by atoms with E-state index >= 15 is 0 Å². The minimum atomic E-state index is -4.47. The fraction of sp³-hybridized carbons (Fsp3) is 0.385. The van der Waals surface area contributed by atoms with Gasteiger partial charge in [0.15, 0.2) is 0 Å². The van der Waals surface area contributed by atoms with Crippen LogP contribution >= 0.6 is 0 Å². The molecule has 3 aromatic rings. The van der Waals surface area contributed by atoms with E-state index in [1.54, 1.807) is 24.0 Å². The molecule has 1 atom stereocenters. The Labute approximate surface area is 211 Å². The van der Waals surface area contributed by atoms with Gasteiger partial charge in [0, 0.05) is 24.7 Å². The molecule has 0 radical (unpaired) electrons. The predicted molar refractivity (Wildman–Crippen MR) is 129 cm³/mol. The lowest BCUT2D eigenvalue weighted by atomic mass is 10.00. The molecule has 0 unspecified atom stereocenters. The maximum atomic E-state index is 13.2. The van der Waals surface area contributed by atoms with Crippen molar-refractivity contribution >= 4 is 17.5 Å². The third-order valence-corrected chi connectivity index (χ3v) is 6.07. The van der Waals surface area contributed by atoms with Gasteiger partial charge < -0.3 is 15.0 Å². The highest BCUT2D eigenvalue weighted by molar-refractivity contribution is 5.78. The van der Waals surface area contributed by atoms with Gasteiger partial charge in [0.1, 0.15) is 11.6 Å². The second-order valence-corrected chi connectivity index (χ2v) is 8.75. The van der Waals surface area contributed by atoms with Crippen molar-refractivity contribution in [1.29, 1.82) is 0 Å². The maximum absolute atomic E-state index is 13.2. The summed E-state index contributed by atoms with van der Waals surface area (Å²) in [4.78, 5) is 27.7. The number of nitrogens with zero attached hydrogens (tertiary/aromatic N) is 4. The number of aromatic nitrogens is 3. The van der Waals surface area contributed by atoms with Gasteiger partial charge in [-0.05, 0) is 62.1 Å². The van der Waals surface area contributed by atoms with Gasteiger partial charge in [-0.1, -0.05) is 18.2 Å². The van der Waals surface area contributed by atoms with Gasteiger partial charge in [0.05, 0.1) is 18.6 Å². The molecule has 1 aromatic heterocycles. The smallest absolute Gasteiger partial charge is 0.416 e. The van der Waals surface area contributed by atoms with Gasteiger partial charge >= 0.3 is 12.2 Å². The minimum Gasteiger partial charge on any atom is -0.464 e. The number of hydrogen-bond donors (Lipinski definition) is 1. The summed E-state index contributed by atoms with van der Waals surface area (Å²) >= 11 is 0. The van der Waals surface area contributed by atoms with Crippen LogP contribution in [0.2, 0.25) is 0 Å². The molecular weight excluding hydrogens is 490 g/mol. The fourth-order valence-electron chi connectivity index (χ4n) is 4.20. The van der Waals surface area contributed by atoms with E-state index in [-0.39, 0.29) is 41.7 Å². The van der Waals surface area contributed by atoms with E-state index < -0.39 is 11.7 Å². The first-order valence-corrected chi connectivity index (χ1v) is 12.1. The van der Waals surface area contributed by atoms with Gasteiger partial charge in [-0.25, -0.2) is 4.39 Å². The summed E-state index contributed by atoms with van der Waals surface area (Å²) in [5.41, 5.74) is 0.148. The van der Waals surface area contributed by atoms with E-state index in [1.807, 2.05) is 0 Å². The molecule has 2 aromatic carbocycles. The van der Waals surface area contributed by atoms with Crippen LogP contribution in [0.4, 0.5) is 29.2 Å². The Hall–Kier alpha value is -3.76. The first kappa shape index (κ1) is 26.3. The number of rotatable bonds is 7. The summed E-state index contributed by atoms with van der Waals surface area (Å²) in [6.45, 7) is 3.16. The van der Waals surface area contributed by atoms with Crippen LogP contribution in [0.15, 0.2) is 48.5 Å². The van der Waals surface area contributed by atoms with Crippen LogP contribution in [-0.4, -0.2) is 45.5 Å². The molecule has 0 spiro atoms. The molecule has 196 valence electrons. The zero-order chi connectivity index (χ0) is 26.4. The molecule has 7 nitrogen and oxygen atoms in total. The number of carbonyl (C=O) groups is 1. The zero-order valence-electron chi connectivity index (χ0n) is 20.3. The van der Waals surface area contributed by atoms with Gasteiger partial charge in [-0.15, -0.1) is 0 Å². The summed E-state index contributed by atoms with van der Waals surface area (Å²) in [7, 11) is 0. The molecule has 2 heterocycles. The van der Waals surface area contributed by atoms with Crippen molar-refractivity contribution in [2.45, 2.75) is 44.7 Å². The lowest BCUT2D eigenvalue weighted by Gasteiger charge is -2.21. The molecule has 1 aliphatic rings. The second-order valence-electron chi connectivity index (χ2n) is 8.75. The van der Waals surface area contributed by atoms with Gasteiger partial charge in [0.25, 0.3) is 0 Å². The van der Waals surface area contributed by atoms with Crippen LogP contribution in [0.25, 0.3) is 0 Å². The molecule has 1 saturated heterocycles. The summed E-state index contributed by atoms with van der Waals surface area (Å²) in [5, 5.41) is 2.84.